The average Bonchev–Trinajstić information content (AvgIpc) is 2.46. The van der Waals surface area contributed by atoms with E-state index in [2.05, 4.69) is 25.9 Å². The topological polar surface area (TPSA) is 41.8 Å². The minimum atomic E-state index is -0.366. The predicted octanol–water partition coefficient (Wildman–Crippen LogP) is 2.92. The minimum Gasteiger partial charge on any atom is -0.292 e. The number of allylic oxidation sites excluding steroid dienone is 2. The van der Waals surface area contributed by atoms with E-state index >= 15 is 0 Å². The molecule has 92 valence electrons. The number of halogens is 1. The largest absolute Gasteiger partial charge is 0.292 e. The lowest BCUT2D eigenvalue weighted by Gasteiger charge is -2.35. The first-order valence-corrected chi connectivity index (χ1v) is 6.87. The number of hydrogen-bond donors (Lipinski definition) is 0. The normalized spacial score (nSPS) is 27.0. The lowest BCUT2D eigenvalue weighted by atomic mass is 9.72. The Kier molecular flexibility index (Phi) is 2.23. The van der Waals surface area contributed by atoms with E-state index in [1.165, 1.54) is 0 Å². The summed E-state index contributed by atoms with van der Waals surface area (Å²) in [5.41, 5.74) is 3.71. The molecule has 0 saturated carbocycles. The zero-order chi connectivity index (χ0) is 13.0. The molecule has 19 heavy (non-hydrogen) atoms. The standard InChI is InChI=1S/C15H9BrN2O/c16-11-7-18-14-12-10(11)5-6-17-13(12)8-3-1-2-4-9(8)15(14)19/h1-7,12,14H. The molecule has 2 aliphatic heterocycles. The SMILES string of the molecule is O=C1c2ccccc2C2=NC=CC3=C(Br)C=NC1C23. The Balaban J connectivity index is 2.04. The van der Waals surface area contributed by atoms with Crippen LogP contribution in [0, 0.1) is 5.92 Å². The van der Waals surface area contributed by atoms with Crippen molar-refractivity contribution in [3.05, 3.63) is 57.7 Å². The molecule has 2 heterocycles. The average molecular weight is 313 g/mol. The molecule has 0 aromatic heterocycles. The first-order valence-electron chi connectivity index (χ1n) is 6.08. The van der Waals surface area contributed by atoms with E-state index in [1.807, 2.05) is 30.3 Å². The molecular weight excluding hydrogens is 304 g/mol. The van der Waals surface area contributed by atoms with Crippen LogP contribution in [0.3, 0.4) is 0 Å². The molecule has 2 atom stereocenters. The summed E-state index contributed by atoms with van der Waals surface area (Å²) in [6.07, 6.45) is 5.48. The fraction of sp³-hybridized carbons (Fsp3) is 0.133. The van der Waals surface area contributed by atoms with Crippen LogP contribution >= 0.6 is 15.9 Å². The Bertz CT molecular complexity index is 727. The maximum Gasteiger partial charge on any atom is 0.188 e. The lowest BCUT2D eigenvalue weighted by molar-refractivity contribution is 0.0948. The molecule has 1 aromatic rings. The highest BCUT2D eigenvalue weighted by atomic mass is 79.9. The van der Waals surface area contributed by atoms with Crippen LogP contribution in [0.15, 0.2) is 56.6 Å². The van der Waals surface area contributed by atoms with Gasteiger partial charge in [0.15, 0.2) is 5.78 Å². The highest BCUT2D eigenvalue weighted by Crippen LogP contribution is 2.39. The molecule has 1 aromatic carbocycles. The van der Waals surface area contributed by atoms with Gasteiger partial charge in [-0.1, -0.05) is 24.3 Å². The Morgan fingerprint density at radius 2 is 1.95 bits per heavy atom. The van der Waals surface area contributed by atoms with Crippen molar-refractivity contribution >= 4 is 33.6 Å². The number of benzene rings is 1. The van der Waals surface area contributed by atoms with Gasteiger partial charge < -0.3 is 0 Å². The third-order valence-corrected chi connectivity index (χ3v) is 4.44. The van der Waals surface area contributed by atoms with Gasteiger partial charge in [0, 0.05) is 28.0 Å². The van der Waals surface area contributed by atoms with Crippen LogP contribution in [0.5, 0.6) is 0 Å². The number of aliphatic imine (C=N–C) groups is 2. The van der Waals surface area contributed by atoms with Gasteiger partial charge in [0.2, 0.25) is 0 Å². The summed E-state index contributed by atoms with van der Waals surface area (Å²) in [5, 5.41) is 0. The summed E-state index contributed by atoms with van der Waals surface area (Å²) in [4.78, 5) is 21.5. The van der Waals surface area contributed by atoms with E-state index in [-0.39, 0.29) is 17.7 Å². The van der Waals surface area contributed by atoms with Crippen LogP contribution < -0.4 is 0 Å². The molecule has 3 aliphatic rings. The molecule has 0 fully saturated rings. The van der Waals surface area contributed by atoms with Gasteiger partial charge in [-0.2, -0.15) is 0 Å². The fourth-order valence-corrected chi connectivity index (χ4v) is 3.42. The summed E-state index contributed by atoms with van der Waals surface area (Å²) in [5.74, 6) is 0.0374. The van der Waals surface area contributed by atoms with E-state index < -0.39 is 0 Å². The van der Waals surface area contributed by atoms with Gasteiger partial charge >= 0.3 is 0 Å². The number of carbonyl (C=O) groups is 1. The van der Waals surface area contributed by atoms with Crippen molar-refractivity contribution in [1.82, 2.24) is 0 Å². The first kappa shape index (κ1) is 11.1. The summed E-state index contributed by atoms with van der Waals surface area (Å²) >= 11 is 3.51. The number of ketones is 1. The zero-order valence-corrected chi connectivity index (χ0v) is 11.5. The number of fused-ring (bicyclic) bond motifs is 2. The molecule has 0 amide bonds. The Morgan fingerprint density at radius 1 is 1.16 bits per heavy atom. The van der Waals surface area contributed by atoms with E-state index in [9.17, 15) is 4.79 Å². The number of dihydropyridines is 1. The molecule has 4 heteroatoms. The van der Waals surface area contributed by atoms with Crippen LogP contribution in [0.2, 0.25) is 0 Å². The quantitative estimate of drug-likeness (QED) is 0.726. The zero-order valence-electron chi connectivity index (χ0n) is 9.88. The van der Waals surface area contributed by atoms with E-state index in [0.717, 1.165) is 26.9 Å². The molecule has 2 unspecified atom stereocenters. The van der Waals surface area contributed by atoms with E-state index in [0.29, 0.717) is 0 Å². The summed E-state index contributed by atoms with van der Waals surface area (Å²) in [6, 6.07) is 7.28. The van der Waals surface area contributed by atoms with Crippen molar-refractivity contribution in [2.45, 2.75) is 6.04 Å². The number of rotatable bonds is 0. The van der Waals surface area contributed by atoms with E-state index in [1.54, 1.807) is 12.4 Å². The second kappa shape index (κ2) is 3.84. The molecule has 3 nitrogen and oxygen atoms in total. The van der Waals surface area contributed by atoms with Gasteiger partial charge in [0.05, 0.1) is 11.6 Å². The maximum absolute atomic E-state index is 12.6. The Morgan fingerprint density at radius 3 is 2.79 bits per heavy atom. The molecule has 4 rings (SSSR count). The molecule has 0 saturated heterocycles. The highest BCUT2D eigenvalue weighted by Gasteiger charge is 2.43. The minimum absolute atomic E-state index is 0.0493. The predicted molar refractivity (Wildman–Crippen MR) is 78.2 cm³/mol. The highest BCUT2D eigenvalue weighted by molar-refractivity contribution is 9.12. The fourth-order valence-electron chi connectivity index (χ4n) is 2.92. The van der Waals surface area contributed by atoms with Gasteiger partial charge in [0.1, 0.15) is 6.04 Å². The van der Waals surface area contributed by atoms with Crippen LogP contribution in [-0.4, -0.2) is 23.8 Å². The second-order valence-electron chi connectivity index (χ2n) is 4.74. The van der Waals surface area contributed by atoms with Crippen LogP contribution in [0.4, 0.5) is 0 Å². The molecule has 0 bridgehead atoms. The van der Waals surface area contributed by atoms with Crippen molar-refractivity contribution < 1.29 is 4.79 Å². The van der Waals surface area contributed by atoms with Crippen LogP contribution in [-0.2, 0) is 0 Å². The number of Topliss-reactive ketones (excluding diaryl/α,β-unsaturated/α-hetero) is 1. The summed E-state index contributed by atoms with van der Waals surface area (Å²) < 4.78 is 0.935. The van der Waals surface area contributed by atoms with Crippen LogP contribution in [0.1, 0.15) is 15.9 Å². The Hall–Kier alpha value is -1.81. The van der Waals surface area contributed by atoms with Crippen molar-refractivity contribution in [3.8, 4) is 0 Å². The van der Waals surface area contributed by atoms with Crippen molar-refractivity contribution in [3.63, 3.8) is 0 Å². The second-order valence-corrected chi connectivity index (χ2v) is 5.60. The van der Waals surface area contributed by atoms with Gasteiger partial charge in [-0.25, -0.2) is 0 Å². The van der Waals surface area contributed by atoms with Gasteiger partial charge in [-0.05, 0) is 27.6 Å². The first-order chi connectivity index (χ1) is 9.27. The van der Waals surface area contributed by atoms with Gasteiger partial charge in [-0.15, -0.1) is 0 Å². The van der Waals surface area contributed by atoms with Gasteiger partial charge in [-0.3, -0.25) is 14.8 Å². The van der Waals surface area contributed by atoms with Crippen LogP contribution in [0.25, 0.3) is 0 Å². The van der Waals surface area contributed by atoms with E-state index in [4.69, 9.17) is 0 Å². The third kappa shape index (κ3) is 1.40. The number of nitrogens with zero attached hydrogens (tertiary/aromatic N) is 2. The smallest absolute Gasteiger partial charge is 0.188 e. The molecule has 1 aliphatic carbocycles. The molecule has 0 spiro atoms. The Labute approximate surface area is 118 Å². The third-order valence-electron chi connectivity index (χ3n) is 3.77. The molecular formula is C15H9BrN2O. The van der Waals surface area contributed by atoms with Crippen molar-refractivity contribution in [2.75, 3.05) is 0 Å². The van der Waals surface area contributed by atoms with Crippen molar-refractivity contribution in [2.24, 2.45) is 15.9 Å². The molecule has 0 N–H and O–H groups in total. The summed E-state index contributed by atoms with van der Waals surface area (Å²) in [6.45, 7) is 0. The maximum atomic E-state index is 12.6. The lowest BCUT2D eigenvalue weighted by Crippen LogP contribution is -2.43. The monoisotopic (exact) mass is 312 g/mol. The molecule has 0 radical (unpaired) electrons. The summed E-state index contributed by atoms with van der Waals surface area (Å²) in [7, 11) is 0. The van der Waals surface area contributed by atoms with Gasteiger partial charge in [0.25, 0.3) is 0 Å². The number of hydrogen-bond acceptors (Lipinski definition) is 3. The number of carbonyl (C=O) groups excluding carboxylic acids is 1. The van der Waals surface area contributed by atoms with Crippen molar-refractivity contribution in [1.29, 1.82) is 0 Å².